The summed E-state index contributed by atoms with van der Waals surface area (Å²) in [4.78, 5) is 19.3. The van der Waals surface area contributed by atoms with Gasteiger partial charge in [0.15, 0.2) is 0 Å². The normalized spacial score (nSPS) is 12.0. The van der Waals surface area contributed by atoms with Crippen LogP contribution >= 0.6 is 11.5 Å². The molecule has 1 amide bonds. The van der Waals surface area contributed by atoms with Gasteiger partial charge in [-0.15, -0.1) is 0 Å². The van der Waals surface area contributed by atoms with Crippen LogP contribution in [0.5, 0.6) is 0 Å². The van der Waals surface area contributed by atoms with Gasteiger partial charge in [-0.05, 0) is 24.0 Å². The highest BCUT2D eigenvalue weighted by molar-refractivity contribution is 7.09. The van der Waals surface area contributed by atoms with Crippen LogP contribution in [0, 0.1) is 5.92 Å². The van der Waals surface area contributed by atoms with Crippen LogP contribution in [0.4, 0.5) is 5.13 Å². The number of nitrogens with zero attached hydrogens (tertiary/aromatic N) is 3. The molecule has 0 bridgehead atoms. The Hall–Kier alpha value is -2.73. The third-order valence-corrected chi connectivity index (χ3v) is 5.96. The van der Waals surface area contributed by atoms with Crippen molar-refractivity contribution >= 4 is 22.6 Å². The molecule has 1 aromatic heterocycles. The lowest BCUT2D eigenvalue weighted by Gasteiger charge is -2.22. The Morgan fingerprint density at radius 1 is 1.00 bits per heavy atom. The summed E-state index contributed by atoms with van der Waals surface area (Å²) in [6.07, 6.45) is 1.14. The lowest BCUT2D eigenvalue weighted by atomic mass is 10.1. The molecule has 158 valence electrons. The molecule has 5 nitrogen and oxygen atoms in total. The van der Waals surface area contributed by atoms with Crippen molar-refractivity contribution in [1.82, 2.24) is 14.7 Å². The number of benzene rings is 2. The van der Waals surface area contributed by atoms with Gasteiger partial charge in [-0.2, -0.15) is 4.37 Å². The van der Waals surface area contributed by atoms with Gasteiger partial charge >= 0.3 is 0 Å². The average Bonchev–Trinajstić information content (AvgIpc) is 3.20. The number of amides is 1. The minimum atomic E-state index is 0.0725. The largest absolute Gasteiger partial charge is 0.353 e. The summed E-state index contributed by atoms with van der Waals surface area (Å²) in [6.45, 7) is 7.58. The molecule has 6 heteroatoms. The topological polar surface area (TPSA) is 58.1 Å². The van der Waals surface area contributed by atoms with Gasteiger partial charge in [0, 0.05) is 43.5 Å². The predicted molar refractivity (Wildman–Crippen MR) is 124 cm³/mol. The SMILES string of the molecule is CC(C)[C@@H](C)NC(=O)CCN(Cc1ccccc1)c1nc(Cc2ccccc2)ns1. The zero-order chi connectivity index (χ0) is 21.3. The lowest BCUT2D eigenvalue weighted by Crippen LogP contribution is -2.38. The quantitative estimate of drug-likeness (QED) is 0.515. The van der Waals surface area contributed by atoms with Crippen molar-refractivity contribution in [3.63, 3.8) is 0 Å². The van der Waals surface area contributed by atoms with E-state index in [0.717, 1.165) is 11.0 Å². The van der Waals surface area contributed by atoms with Crippen molar-refractivity contribution in [1.29, 1.82) is 0 Å². The molecule has 0 spiro atoms. The lowest BCUT2D eigenvalue weighted by molar-refractivity contribution is -0.121. The fourth-order valence-corrected chi connectivity index (χ4v) is 3.71. The van der Waals surface area contributed by atoms with Crippen molar-refractivity contribution < 1.29 is 4.79 Å². The van der Waals surface area contributed by atoms with Crippen LogP contribution in [0.15, 0.2) is 60.7 Å². The van der Waals surface area contributed by atoms with E-state index in [1.165, 1.54) is 22.7 Å². The molecule has 1 heterocycles. The van der Waals surface area contributed by atoms with Crippen molar-refractivity contribution in [3.05, 3.63) is 77.6 Å². The van der Waals surface area contributed by atoms with E-state index in [1.54, 1.807) is 0 Å². The number of hydrogen-bond acceptors (Lipinski definition) is 5. The van der Waals surface area contributed by atoms with Crippen molar-refractivity contribution in [2.45, 2.75) is 46.2 Å². The molecule has 30 heavy (non-hydrogen) atoms. The standard InChI is InChI=1S/C24H30N4OS/c1-18(2)19(3)25-23(29)14-15-28(17-21-12-8-5-9-13-21)24-26-22(27-30-24)16-20-10-6-4-7-11-20/h4-13,18-19H,14-17H2,1-3H3,(H,25,29)/t19-/m1/s1. The highest BCUT2D eigenvalue weighted by Crippen LogP contribution is 2.21. The van der Waals surface area contributed by atoms with Crippen LogP contribution in [0.1, 0.15) is 44.1 Å². The Labute approximate surface area is 183 Å². The molecule has 1 N–H and O–H groups in total. The number of nitrogens with one attached hydrogen (secondary N) is 1. The zero-order valence-corrected chi connectivity index (χ0v) is 18.7. The van der Waals surface area contributed by atoms with Crippen LogP contribution in [0.3, 0.4) is 0 Å². The molecular weight excluding hydrogens is 392 g/mol. The molecule has 0 aliphatic rings. The smallest absolute Gasteiger partial charge is 0.221 e. The molecule has 0 fully saturated rings. The van der Waals surface area contributed by atoms with Crippen LogP contribution < -0.4 is 10.2 Å². The minimum absolute atomic E-state index is 0.0725. The van der Waals surface area contributed by atoms with Crippen LogP contribution in [-0.2, 0) is 17.8 Å². The number of anilines is 1. The third-order valence-electron chi connectivity index (χ3n) is 5.15. The fraction of sp³-hybridized carbons (Fsp3) is 0.375. The summed E-state index contributed by atoms with van der Waals surface area (Å²) in [5.41, 5.74) is 2.38. The third kappa shape index (κ3) is 6.66. The van der Waals surface area contributed by atoms with Crippen molar-refractivity contribution in [2.75, 3.05) is 11.4 Å². The maximum absolute atomic E-state index is 12.4. The molecule has 2 aromatic carbocycles. The van der Waals surface area contributed by atoms with E-state index < -0.39 is 0 Å². The highest BCUT2D eigenvalue weighted by Gasteiger charge is 2.17. The summed E-state index contributed by atoms with van der Waals surface area (Å²) in [6, 6.07) is 20.7. The molecule has 3 aromatic rings. The van der Waals surface area contributed by atoms with Gasteiger partial charge in [0.05, 0.1) is 0 Å². The number of rotatable bonds is 10. The van der Waals surface area contributed by atoms with Gasteiger partial charge in [0.25, 0.3) is 0 Å². The Balaban J connectivity index is 1.69. The van der Waals surface area contributed by atoms with E-state index >= 15 is 0 Å². The van der Waals surface area contributed by atoms with Gasteiger partial charge in [0.2, 0.25) is 11.0 Å². The molecule has 0 saturated heterocycles. The van der Waals surface area contributed by atoms with Gasteiger partial charge in [-0.3, -0.25) is 4.79 Å². The summed E-state index contributed by atoms with van der Waals surface area (Å²) >= 11 is 1.40. The summed E-state index contributed by atoms with van der Waals surface area (Å²) < 4.78 is 4.56. The second-order valence-electron chi connectivity index (χ2n) is 7.91. The maximum Gasteiger partial charge on any atom is 0.221 e. The Kier molecular flexibility index (Phi) is 7.97. The molecule has 0 aliphatic heterocycles. The minimum Gasteiger partial charge on any atom is -0.353 e. The highest BCUT2D eigenvalue weighted by atomic mass is 32.1. The molecule has 1 atom stereocenters. The Morgan fingerprint density at radius 3 is 2.27 bits per heavy atom. The number of carbonyl (C=O) groups is 1. The van der Waals surface area contributed by atoms with Crippen LogP contribution in [0.25, 0.3) is 0 Å². The predicted octanol–water partition coefficient (Wildman–Crippen LogP) is 4.69. The molecular formula is C24H30N4OS. The number of aromatic nitrogens is 2. The van der Waals surface area contributed by atoms with Gasteiger partial charge in [-0.1, -0.05) is 74.5 Å². The summed E-state index contributed by atoms with van der Waals surface area (Å²) in [7, 11) is 0. The molecule has 3 rings (SSSR count). The van der Waals surface area contributed by atoms with Gasteiger partial charge in [-0.25, -0.2) is 4.98 Å². The first-order valence-electron chi connectivity index (χ1n) is 10.5. The Bertz CT molecular complexity index is 911. The zero-order valence-electron chi connectivity index (χ0n) is 17.9. The number of hydrogen-bond donors (Lipinski definition) is 1. The number of carbonyl (C=O) groups excluding carboxylic acids is 1. The van der Waals surface area contributed by atoms with Gasteiger partial charge in [0.1, 0.15) is 5.82 Å². The van der Waals surface area contributed by atoms with E-state index in [0.29, 0.717) is 31.8 Å². The average molecular weight is 423 g/mol. The first kappa shape index (κ1) is 22.0. The summed E-state index contributed by atoms with van der Waals surface area (Å²) in [5.74, 6) is 1.30. The van der Waals surface area contributed by atoms with Crippen LogP contribution in [-0.4, -0.2) is 27.9 Å². The van der Waals surface area contributed by atoms with E-state index in [2.05, 4.69) is 52.7 Å². The first-order valence-corrected chi connectivity index (χ1v) is 11.2. The molecule has 0 radical (unpaired) electrons. The molecule has 0 saturated carbocycles. The van der Waals surface area contributed by atoms with E-state index in [9.17, 15) is 4.79 Å². The second-order valence-corrected chi connectivity index (χ2v) is 8.64. The van der Waals surface area contributed by atoms with E-state index in [-0.39, 0.29) is 11.9 Å². The van der Waals surface area contributed by atoms with Crippen LogP contribution in [0.2, 0.25) is 0 Å². The fourth-order valence-electron chi connectivity index (χ4n) is 3.00. The summed E-state index contributed by atoms with van der Waals surface area (Å²) in [5, 5.41) is 3.95. The second kappa shape index (κ2) is 10.9. The van der Waals surface area contributed by atoms with Crippen molar-refractivity contribution in [3.8, 4) is 0 Å². The Morgan fingerprint density at radius 2 is 1.63 bits per heavy atom. The van der Waals surface area contributed by atoms with Gasteiger partial charge < -0.3 is 10.2 Å². The monoisotopic (exact) mass is 422 g/mol. The van der Waals surface area contributed by atoms with E-state index in [1.807, 2.05) is 43.3 Å². The first-order chi connectivity index (χ1) is 14.5. The van der Waals surface area contributed by atoms with Crippen molar-refractivity contribution in [2.24, 2.45) is 5.92 Å². The molecule has 0 unspecified atom stereocenters. The molecule has 0 aliphatic carbocycles. The van der Waals surface area contributed by atoms with E-state index in [4.69, 9.17) is 4.98 Å². The maximum atomic E-state index is 12.4.